The quantitative estimate of drug-likeness (QED) is 0.824. The van der Waals surface area contributed by atoms with E-state index in [0.717, 1.165) is 31.5 Å². The number of benzene rings is 1. The molecule has 0 bridgehead atoms. The van der Waals surface area contributed by atoms with Gasteiger partial charge in [0.2, 0.25) is 5.91 Å². The first-order chi connectivity index (χ1) is 9.56. The largest absolute Gasteiger partial charge is 0.481 e. The number of nitrogens with two attached hydrogens (primary N) is 1. The monoisotopic (exact) mass is 276 g/mol. The third-order valence-corrected chi connectivity index (χ3v) is 3.81. The highest BCUT2D eigenvalue weighted by atomic mass is 16.4. The van der Waals surface area contributed by atoms with Crippen molar-refractivity contribution in [3.05, 3.63) is 35.4 Å². The third-order valence-electron chi connectivity index (χ3n) is 3.81. The van der Waals surface area contributed by atoms with Gasteiger partial charge in [-0.2, -0.15) is 0 Å². The summed E-state index contributed by atoms with van der Waals surface area (Å²) in [5, 5.41) is 8.71. The van der Waals surface area contributed by atoms with Crippen LogP contribution in [0.25, 0.3) is 0 Å². The molecule has 1 unspecified atom stereocenters. The lowest BCUT2D eigenvalue weighted by Gasteiger charge is -2.17. The van der Waals surface area contributed by atoms with Gasteiger partial charge in [0.15, 0.2) is 0 Å². The summed E-state index contributed by atoms with van der Waals surface area (Å²) in [4.78, 5) is 24.2. The Balaban J connectivity index is 1.92. The number of amides is 1. The molecule has 1 amide bonds. The first kappa shape index (κ1) is 14.5. The molecule has 0 radical (unpaired) electrons. The molecule has 5 nitrogen and oxygen atoms in total. The Morgan fingerprint density at radius 1 is 1.35 bits per heavy atom. The number of hydrogen-bond donors (Lipinski definition) is 2. The standard InChI is InChI=1S/C15H20N2O3/c16-15(20)13-4-2-1-3-12(13)10-17-8-7-11(9-17)5-6-14(18)19/h1-4,11H,5-10H2,(H2,16,20)(H,18,19). The van der Waals surface area contributed by atoms with Gasteiger partial charge in [0.25, 0.3) is 0 Å². The summed E-state index contributed by atoms with van der Waals surface area (Å²) in [6.07, 6.45) is 1.98. The van der Waals surface area contributed by atoms with Gasteiger partial charge in [-0.15, -0.1) is 0 Å². The number of carboxylic acid groups (broad SMARTS) is 1. The second kappa shape index (κ2) is 6.52. The third kappa shape index (κ3) is 3.81. The average molecular weight is 276 g/mol. The molecule has 1 aromatic rings. The second-order valence-electron chi connectivity index (χ2n) is 5.34. The number of aliphatic carboxylic acids is 1. The van der Waals surface area contributed by atoms with E-state index in [1.165, 1.54) is 0 Å². The lowest BCUT2D eigenvalue weighted by Crippen LogP contribution is -2.23. The Labute approximate surface area is 118 Å². The number of carboxylic acids is 1. The lowest BCUT2D eigenvalue weighted by atomic mass is 10.0. The molecule has 1 fully saturated rings. The van der Waals surface area contributed by atoms with Gasteiger partial charge in [-0.1, -0.05) is 18.2 Å². The summed E-state index contributed by atoms with van der Waals surface area (Å²) < 4.78 is 0. The molecule has 1 heterocycles. The highest BCUT2D eigenvalue weighted by Crippen LogP contribution is 2.23. The zero-order valence-electron chi connectivity index (χ0n) is 11.4. The van der Waals surface area contributed by atoms with Crippen LogP contribution in [0.1, 0.15) is 35.2 Å². The maximum atomic E-state index is 11.4. The topological polar surface area (TPSA) is 83.6 Å². The van der Waals surface area contributed by atoms with E-state index in [4.69, 9.17) is 10.8 Å². The minimum Gasteiger partial charge on any atom is -0.481 e. The summed E-state index contributed by atoms with van der Waals surface area (Å²) in [5.74, 6) is -0.698. The van der Waals surface area contributed by atoms with Crippen molar-refractivity contribution in [1.29, 1.82) is 0 Å². The van der Waals surface area contributed by atoms with Gasteiger partial charge in [-0.25, -0.2) is 0 Å². The molecular formula is C15H20N2O3. The number of rotatable bonds is 6. The predicted molar refractivity (Wildman–Crippen MR) is 75.2 cm³/mol. The van der Waals surface area contributed by atoms with Crippen LogP contribution in [0.15, 0.2) is 24.3 Å². The molecule has 2 rings (SSSR count). The van der Waals surface area contributed by atoms with E-state index in [2.05, 4.69) is 4.90 Å². The highest BCUT2D eigenvalue weighted by molar-refractivity contribution is 5.94. The van der Waals surface area contributed by atoms with Crippen molar-refractivity contribution in [2.45, 2.75) is 25.8 Å². The van der Waals surface area contributed by atoms with Crippen LogP contribution >= 0.6 is 0 Å². The fraction of sp³-hybridized carbons (Fsp3) is 0.467. The highest BCUT2D eigenvalue weighted by Gasteiger charge is 2.23. The maximum Gasteiger partial charge on any atom is 0.303 e. The fourth-order valence-electron chi connectivity index (χ4n) is 2.76. The van der Waals surface area contributed by atoms with Crippen LogP contribution in [0.4, 0.5) is 0 Å². The lowest BCUT2D eigenvalue weighted by molar-refractivity contribution is -0.137. The van der Waals surface area contributed by atoms with E-state index in [0.29, 0.717) is 18.0 Å². The number of carbonyl (C=O) groups is 2. The van der Waals surface area contributed by atoms with Crippen LogP contribution in [0.5, 0.6) is 0 Å². The van der Waals surface area contributed by atoms with Gasteiger partial charge >= 0.3 is 5.97 Å². The number of primary amides is 1. The zero-order chi connectivity index (χ0) is 14.5. The van der Waals surface area contributed by atoms with Crippen molar-refractivity contribution in [3.63, 3.8) is 0 Å². The van der Waals surface area contributed by atoms with Gasteiger partial charge in [0.05, 0.1) is 0 Å². The van der Waals surface area contributed by atoms with E-state index >= 15 is 0 Å². The molecule has 20 heavy (non-hydrogen) atoms. The summed E-state index contributed by atoms with van der Waals surface area (Å²) in [7, 11) is 0. The van der Waals surface area contributed by atoms with Crippen molar-refractivity contribution in [2.75, 3.05) is 13.1 Å². The number of likely N-dealkylation sites (tertiary alicyclic amines) is 1. The molecule has 5 heteroatoms. The van der Waals surface area contributed by atoms with Crippen LogP contribution in [0.2, 0.25) is 0 Å². The van der Waals surface area contributed by atoms with E-state index < -0.39 is 11.9 Å². The predicted octanol–water partition coefficient (Wildman–Crippen LogP) is 1.47. The molecule has 1 aliphatic rings. The molecule has 1 aromatic carbocycles. The summed E-state index contributed by atoms with van der Waals surface area (Å²) in [5.41, 5.74) is 6.89. The molecule has 0 saturated carbocycles. The average Bonchev–Trinajstić information content (AvgIpc) is 2.84. The molecule has 108 valence electrons. The minimum atomic E-state index is -0.734. The molecule has 1 atom stereocenters. The van der Waals surface area contributed by atoms with Crippen molar-refractivity contribution < 1.29 is 14.7 Å². The number of nitrogens with zero attached hydrogens (tertiary/aromatic N) is 1. The van der Waals surface area contributed by atoms with Gasteiger partial charge in [-0.3, -0.25) is 14.5 Å². The van der Waals surface area contributed by atoms with E-state index in [1.807, 2.05) is 18.2 Å². The van der Waals surface area contributed by atoms with Crippen molar-refractivity contribution in [1.82, 2.24) is 4.90 Å². The van der Waals surface area contributed by atoms with Gasteiger partial charge < -0.3 is 10.8 Å². The van der Waals surface area contributed by atoms with Crippen molar-refractivity contribution in [2.24, 2.45) is 11.7 Å². The summed E-state index contributed by atoms with van der Waals surface area (Å²) >= 11 is 0. The Hall–Kier alpha value is -1.88. The molecular weight excluding hydrogens is 256 g/mol. The first-order valence-corrected chi connectivity index (χ1v) is 6.88. The van der Waals surface area contributed by atoms with Crippen LogP contribution in [0, 0.1) is 5.92 Å². The number of hydrogen-bond acceptors (Lipinski definition) is 3. The van der Waals surface area contributed by atoms with Crippen molar-refractivity contribution >= 4 is 11.9 Å². The van der Waals surface area contributed by atoms with Crippen LogP contribution in [0.3, 0.4) is 0 Å². The Morgan fingerprint density at radius 3 is 2.80 bits per heavy atom. The first-order valence-electron chi connectivity index (χ1n) is 6.88. The van der Waals surface area contributed by atoms with Crippen molar-refractivity contribution in [3.8, 4) is 0 Å². The number of carbonyl (C=O) groups excluding carboxylic acids is 1. The summed E-state index contributed by atoms with van der Waals surface area (Å²) in [6, 6.07) is 7.38. The molecule has 0 aromatic heterocycles. The van der Waals surface area contributed by atoms with Gasteiger partial charge in [0.1, 0.15) is 0 Å². The van der Waals surface area contributed by atoms with E-state index in [9.17, 15) is 9.59 Å². The smallest absolute Gasteiger partial charge is 0.303 e. The Bertz CT molecular complexity index is 502. The van der Waals surface area contributed by atoms with E-state index in [1.54, 1.807) is 6.07 Å². The van der Waals surface area contributed by atoms with Crippen LogP contribution in [-0.2, 0) is 11.3 Å². The molecule has 1 saturated heterocycles. The maximum absolute atomic E-state index is 11.4. The molecule has 1 aliphatic heterocycles. The summed E-state index contributed by atoms with van der Waals surface area (Å²) in [6.45, 7) is 2.53. The Morgan fingerprint density at radius 2 is 2.10 bits per heavy atom. The molecule has 0 aliphatic carbocycles. The zero-order valence-corrected chi connectivity index (χ0v) is 11.4. The SMILES string of the molecule is NC(=O)c1ccccc1CN1CCC(CCC(=O)O)C1. The van der Waals surface area contributed by atoms with Crippen LogP contribution < -0.4 is 5.73 Å². The Kier molecular flexibility index (Phi) is 4.74. The fourth-order valence-corrected chi connectivity index (χ4v) is 2.76. The van der Waals surface area contributed by atoms with Gasteiger partial charge in [-0.05, 0) is 36.9 Å². The van der Waals surface area contributed by atoms with Crippen LogP contribution in [-0.4, -0.2) is 35.0 Å². The normalized spacial score (nSPS) is 19.1. The van der Waals surface area contributed by atoms with E-state index in [-0.39, 0.29) is 6.42 Å². The van der Waals surface area contributed by atoms with Gasteiger partial charge in [0, 0.05) is 25.1 Å². The molecule has 0 spiro atoms. The molecule has 3 N–H and O–H groups in total. The minimum absolute atomic E-state index is 0.233. The second-order valence-corrected chi connectivity index (χ2v) is 5.34.